The molecular weight excluding hydrogens is 238 g/mol. The van der Waals surface area contributed by atoms with E-state index in [-0.39, 0.29) is 11.8 Å². The van der Waals surface area contributed by atoms with E-state index >= 15 is 0 Å². The van der Waals surface area contributed by atoms with Crippen LogP contribution in [0.5, 0.6) is 0 Å². The monoisotopic (exact) mass is 257 g/mol. The second-order valence-corrected chi connectivity index (χ2v) is 4.63. The summed E-state index contributed by atoms with van der Waals surface area (Å²) >= 11 is 1.42. The second kappa shape index (κ2) is 7.26. The van der Waals surface area contributed by atoms with Gasteiger partial charge in [-0.05, 0) is 35.7 Å². The lowest BCUT2D eigenvalue weighted by molar-refractivity contribution is -0.117. The molecule has 0 aliphatic rings. The molecule has 96 valence electrons. The third-order valence-electron chi connectivity index (χ3n) is 2.36. The van der Waals surface area contributed by atoms with Crippen molar-refractivity contribution in [1.29, 1.82) is 0 Å². The average molecular weight is 257 g/mol. The van der Waals surface area contributed by atoms with Gasteiger partial charge < -0.3 is 4.72 Å². The van der Waals surface area contributed by atoms with E-state index in [1.807, 2.05) is 11.6 Å². The fourth-order valence-electron chi connectivity index (χ4n) is 1.61. The Morgan fingerprint density at radius 3 is 2.88 bits per heavy atom. The molecule has 0 spiro atoms. The first-order valence-electron chi connectivity index (χ1n) is 5.83. The zero-order chi connectivity index (χ0) is 12.7. The van der Waals surface area contributed by atoms with Crippen LogP contribution in [0.4, 0.5) is 0 Å². The van der Waals surface area contributed by atoms with E-state index in [0.29, 0.717) is 0 Å². The van der Waals surface area contributed by atoms with Gasteiger partial charge in [0, 0.05) is 25.1 Å². The predicted octanol–water partition coefficient (Wildman–Crippen LogP) is 1.36. The van der Waals surface area contributed by atoms with Gasteiger partial charge in [0.2, 0.25) is 5.91 Å². The molecule has 1 unspecified atom stereocenters. The molecule has 1 heterocycles. The summed E-state index contributed by atoms with van der Waals surface area (Å²) in [7, 11) is 0. The smallest absolute Gasteiger partial charge is 0.226 e. The van der Waals surface area contributed by atoms with E-state index in [4.69, 9.17) is 0 Å². The number of hydrogen-bond acceptors (Lipinski definition) is 5. The molecule has 1 aromatic heterocycles. The Kier molecular flexibility index (Phi) is 5.96. The molecule has 1 amide bonds. The Balaban J connectivity index is 2.61. The Morgan fingerprint density at radius 1 is 1.53 bits per heavy atom. The van der Waals surface area contributed by atoms with Crippen molar-refractivity contribution in [2.45, 2.75) is 46.1 Å². The molecule has 0 fully saturated rings. The van der Waals surface area contributed by atoms with Crippen LogP contribution >= 0.6 is 11.9 Å². The molecule has 7 heteroatoms. The number of tetrazole rings is 1. The largest absolute Gasteiger partial charge is 0.300 e. The van der Waals surface area contributed by atoms with Crippen molar-refractivity contribution in [1.82, 2.24) is 24.9 Å². The summed E-state index contributed by atoms with van der Waals surface area (Å²) < 4.78 is 4.55. The Morgan fingerprint density at radius 2 is 2.29 bits per heavy atom. The SMILES string of the molecule is CCCC(CSNC(C)=O)c1nnnn1CC. The van der Waals surface area contributed by atoms with Crippen LogP contribution in [0.3, 0.4) is 0 Å². The van der Waals surface area contributed by atoms with Crippen molar-refractivity contribution in [3.63, 3.8) is 0 Å². The summed E-state index contributed by atoms with van der Waals surface area (Å²) in [5.74, 6) is 1.97. The molecule has 0 bridgehead atoms. The standard InChI is InChI=1S/C10H19N5OS/c1-4-6-9(7-17-12-8(3)16)10-11-13-14-15(10)5-2/h9H,4-7H2,1-3H3,(H,12,16). The highest BCUT2D eigenvalue weighted by molar-refractivity contribution is 7.97. The van der Waals surface area contributed by atoms with Crippen LogP contribution in [-0.4, -0.2) is 31.9 Å². The molecule has 6 nitrogen and oxygen atoms in total. The quantitative estimate of drug-likeness (QED) is 0.747. The van der Waals surface area contributed by atoms with Crippen molar-refractivity contribution < 1.29 is 4.79 Å². The van der Waals surface area contributed by atoms with Gasteiger partial charge in [0.05, 0.1) is 0 Å². The maximum atomic E-state index is 10.8. The molecule has 0 aliphatic carbocycles. The first-order valence-corrected chi connectivity index (χ1v) is 6.82. The van der Waals surface area contributed by atoms with Crippen molar-refractivity contribution >= 4 is 17.9 Å². The summed E-state index contributed by atoms with van der Waals surface area (Å²) in [5.41, 5.74) is 0. The fraction of sp³-hybridized carbons (Fsp3) is 0.800. The van der Waals surface area contributed by atoms with Crippen molar-refractivity contribution in [3.05, 3.63) is 5.82 Å². The van der Waals surface area contributed by atoms with E-state index in [1.165, 1.54) is 18.9 Å². The molecule has 1 atom stereocenters. The van der Waals surface area contributed by atoms with E-state index in [1.54, 1.807) is 0 Å². The molecule has 0 saturated carbocycles. The van der Waals surface area contributed by atoms with Crippen LogP contribution in [0.15, 0.2) is 0 Å². The zero-order valence-corrected chi connectivity index (χ0v) is 11.3. The number of rotatable bonds is 7. The molecule has 0 radical (unpaired) electrons. The van der Waals surface area contributed by atoms with Gasteiger partial charge in [-0.3, -0.25) is 4.79 Å². The molecule has 1 rings (SSSR count). The molecule has 1 N–H and O–H groups in total. The topological polar surface area (TPSA) is 72.7 Å². The van der Waals surface area contributed by atoms with Crippen LogP contribution in [0.25, 0.3) is 0 Å². The number of hydrogen-bond donors (Lipinski definition) is 1. The third kappa shape index (κ3) is 4.33. The third-order valence-corrected chi connectivity index (χ3v) is 3.36. The number of carbonyl (C=O) groups excluding carboxylic acids is 1. The predicted molar refractivity (Wildman–Crippen MR) is 67.4 cm³/mol. The number of nitrogens with zero attached hydrogens (tertiary/aromatic N) is 4. The maximum Gasteiger partial charge on any atom is 0.226 e. The lowest BCUT2D eigenvalue weighted by atomic mass is 10.1. The van der Waals surface area contributed by atoms with Crippen molar-refractivity contribution in [3.8, 4) is 0 Å². The highest BCUT2D eigenvalue weighted by atomic mass is 32.2. The van der Waals surface area contributed by atoms with Gasteiger partial charge in [-0.1, -0.05) is 13.3 Å². The van der Waals surface area contributed by atoms with Gasteiger partial charge in [0.15, 0.2) is 5.82 Å². The number of aromatic nitrogens is 4. The van der Waals surface area contributed by atoms with E-state index < -0.39 is 0 Å². The van der Waals surface area contributed by atoms with Gasteiger partial charge >= 0.3 is 0 Å². The average Bonchev–Trinajstić information content (AvgIpc) is 2.75. The van der Waals surface area contributed by atoms with Gasteiger partial charge in [-0.15, -0.1) is 5.10 Å². The summed E-state index contributed by atoms with van der Waals surface area (Å²) in [5, 5.41) is 11.7. The summed E-state index contributed by atoms with van der Waals surface area (Å²) in [6.07, 6.45) is 2.09. The lowest BCUT2D eigenvalue weighted by Gasteiger charge is -2.14. The van der Waals surface area contributed by atoms with Crippen LogP contribution in [0, 0.1) is 0 Å². The van der Waals surface area contributed by atoms with Crippen LogP contribution in [0.1, 0.15) is 45.4 Å². The van der Waals surface area contributed by atoms with Gasteiger partial charge in [-0.25, -0.2) is 4.68 Å². The van der Waals surface area contributed by atoms with E-state index in [9.17, 15) is 4.79 Å². The fourth-order valence-corrected chi connectivity index (χ4v) is 2.41. The number of aryl methyl sites for hydroxylation is 1. The van der Waals surface area contributed by atoms with E-state index in [2.05, 4.69) is 27.2 Å². The number of nitrogens with one attached hydrogen (secondary N) is 1. The maximum absolute atomic E-state index is 10.8. The normalized spacial score (nSPS) is 12.4. The first-order chi connectivity index (χ1) is 8.19. The van der Waals surface area contributed by atoms with Gasteiger partial charge in [0.1, 0.15) is 0 Å². The van der Waals surface area contributed by atoms with Crippen LogP contribution in [0.2, 0.25) is 0 Å². The summed E-state index contributed by atoms with van der Waals surface area (Å²) in [6.45, 7) is 6.44. The molecular formula is C10H19N5OS. The minimum atomic E-state index is -0.0275. The van der Waals surface area contributed by atoms with Crippen LogP contribution in [-0.2, 0) is 11.3 Å². The van der Waals surface area contributed by atoms with Crippen LogP contribution < -0.4 is 4.72 Å². The molecule has 17 heavy (non-hydrogen) atoms. The Labute approximate surface area is 106 Å². The second-order valence-electron chi connectivity index (χ2n) is 3.81. The Bertz CT molecular complexity index is 354. The molecule has 0 saturated heterocycles. The minimum Gasteiger partial charge on any atom is -0.300 e. The summed E-state index contributed by atoms with van der Waals surface area (Å²) in [6, 6.07) is 0. The van der Waals surface area contributed by atoms with Crippen molar-refractivity contribution in [2.24, 2.45) is 0 Å². The molecule has 0 aromatic carbocycles. The minimum absolute atomic E-state index is 0.0275. The van der Waals surface area contributed by atoms with Gasteiger partial charge in [0.25, 0.3) is 0 Å². The first kappa shape index (κ1) is 14.0. The zero-order valence-electron chi connectivity index (χ0n) is 10.5. The number of carbonyl (C=O) groups is 1. The highest BCUT2D eigenvalue weighted by Crippen LogP contribution is 2.22. The number of amides is 1. The molecule has 1 aromatic rings. The Hall–Kier alpha value is -1.11. The van der Waals surface area contributed by atoms with Crippen molar-refractivity contribution in [2.75, 3.05) is 5.75 Å². The molecule has 0 aliphatic heterocycles. The lowest BCUT2D eigenvalue weighted by Crippen LogP contribution is -2.16. The highest BCUT2D eigenvalue weighted by Gasteiger charge is 2.18. The van der Waals surface area contributed by atoms with Gasteiger partial charge in [-0.2, -0.15) is 0 Å². The van der Waals surface area contributed by atoms with E-state index in [0.717, 1.165) is 31.0 Å². The summed E-state index contributed by atoms with van der Waals surface area (Å²) in [4.78, 5) is 10.8.